The first-order chi connectivity index (χ1) is 14.5. The first kappa shape index (κ1) is 20.7. The van der Waals surface area contributed by atoms with Gasteiger partial charge in [-0.3, -0.25) is 19.7 Å². The minimum absolute atomic E-state index is 0.161. The molecule has 0 fully saturated rings. The van der Waals surface area contributed by atoms with Gasteiger partial charge in [0.15, 0.2) is 0 Å². The summed E-state index contributed by atoms with van der Waals surface area (Å²) in [5.41, 5.74) is 1.69. The zero-order chi connectivity index (χ0) is 21.5. The lowest BCUT2D eigenvalue weighted by Gasteiger charge is -2.10. The summed E-state index contributed by atoms with van der Waals surface area (Å²) in [5.74, 6) is -0.832. The van der Waals surface area contributed by atoms with E-state index in [9.17, 15) is 19.7 Å². The Morgan fingerprint density at radius 3 is 2.63 bits per heavy atom. The van der Waals surface area contributed by atoms with E-state index in [4.69, 9.17) is 0 Å². The number of imidazole rings is 1. The molecule has 0 unspecified atom stereocenters. The number of benzene rings is 2. The van der Waals surface area contributed by atoms with E-state index in [-0.39, 0.29) is 11.4 Å². The molecule has 0 aliphatic rings. The number of rotatable bonds is 7. The molecule has 0 spiro atoms. The van der Waals surface area contributed by atoms with Crippen LogP contribution in [0.2, 0.25) is 0 Å². The van der Waals surface area contributed by atoms with Crippen LogP contribution in [0.5, 0.6) is 0 Å². The SMILES string of the molecule is Cc1ccc([N+](=O)[O-])cc1NC(=O)C(=O)NCCCn1ccnc1-c1ccccc1. The smallest absolute Gasteiger partial charge is 0.313 e. The standard InChI is InChI=1S/C21H21N5O4/c1-15-8-9-17(26(29)30)14-18(15)24-21(28)20(27)23-10-5-12-25-13-11-22-19(25)16-6-3-2-4-7-16/h2-4,6-9,11,13-14H,5,10,12H2,1H3,(H,23,27)(H,24,28). The van der Waals surface area contributed by atoms with Crippen molar-refractivity contribution in [1.82, 2.24) is 14.9 Å². The Balaban J connectivity index is 1.50. The van der Waals surface area contributed by atoms with Crippen LogP contribution in [-0.2, 0) is 16.1 Å². The van der Waals surface area contributed by atoms with Gasteiger partial charge in [-0.2, -0.15) is 0 Å². The average molecular weight is 407 g/mol. The van der Waals surface area contributed by atoms with Crippen LogP contribution in [0.3, 0.4) is 0 Å². The predicted octanol–water partition coefficient (Wildman–Crippen LogP) is 2.91. The molecule has 3 rings (SSSR count). The normalized spacial score (nSPS) is 10.4. The van der Waals surface area contributed by atoms with Crippen molar-refractivity contribution >= 4 is 23.2 Å². The number of anilines is 1. The number of hydrogen-bond donors (Lipinski definition) is 2. The second-order valence-corrected chi connectivity index (χ2v) is 6.63. The third-order valence-corrected chi connectivity index (χ3v) is 4.50. The molecular formula is C21H21N5O4. The van der Waals surface area contributed by atoms with E-state index in [1.54, 1.807) is 13.1 Å². The summed E-state index contributed by atoms with van der Waals surface area (Å²) >= 11 is 0. The van der Waals surface area contributed by atoms with Gasteiger partial charge >= 0.3 is 11.8 Å². The van der Waals surface area contributed by atoms with Gasteiger partial charge in [-0.1, -0.05) is 36.4 Å². The van der Waals surface area contributed by atoms with Crippen LogP contribution in [-0.4, -0.2) is 32.8 Å². The molecule has 154 valence electrons. The maximum atomic E-state index is 12.1. The number of carbonyl (C=O) groups is 2. The molecule has 3 aromatic rings. The molecule has 2 N–H and O–H groups in total. The molecule has 0 radical (unpaired) electrons. The topological polar surface area (TPSA) is 119 Å². The highest BCUT2D eigenvalue weighted by molar-refractivity contribution is 6.39. The number of carbonyl (C=O) groups excluding carboxylic acids is 2. The van der Waals surface area contributed by atoms with Crippen molar-refractivity contribution in [3.05, 3.63) is 76.6 Å². The van der Waals surface area contributed by atoms with Gasteiger partial charge in [-0.25, -0.2) is 4.98 Å². The van der Waals surface area contributed by atoms with Crippen molar-refractivity contribution < 1.29 is 14.5 Å². The molecule has 9 nitrogen and oxygen atoms in total. The molecule has 0 saturated heterocycles. The monoisotopic (exact) mass is 407 g/mol. The van der Waals surface area contributed by atoms with Crippen molar-refractivity contribution in [3.8, 4) is 11.4 Å². The van der Waals surface area contributed by atoms with Crippen molar-refractivity contribution in [2.75, 3.05) is 11.9 Å². The molecule has 30 heavy (non-hydrogen) atoms. The minimum Gasteiger partial charge on any atom is -0.348 e. The number of aromatic nitrogens is 2. The molecule has 9 heteroatoms. The second kappa shape index (κ2) is 9.46. The lowest BCUT2D eigenvalue weighted by Crippen LogP contribution is -2.36. The Morgan fingerprint density at radius 2 is 1.90 bits per heavy atom. The summed E-state index contributed by atoms with van der Waals surface area (Å²) in [5, 5.41) is 15.9. The molecule has 2 amide bonds. The van der Waals surface area contributed by atoms with Crippen molar-refractivity contribution in [1.29, 1.82) is 0 Å². The highest BCUT2D eigenvalue weighted by Crippen LogP contribution is 2.21. The maximum Gasteiger partial charge on any atom is 0.313 e. The fraction of sp³-hybridized carbons (Fsp3) is 0.190. The molecule has 1 heterocycles. The van der Waals surface area contributed by atoms with Crippen LogP contribution in [0.15, 0.2) is 60.9 Å². The summed E-state index contributed by atoms with van der Waals surface area (Å²) in [4.78, 5) is 38.8. The summed E-state index contributed by atoms with van der Waals surface area (Å²) in [6, 6.07) is 13.8. The number of amides is 2. The van der Waals surface area contributed by atoms with E-state index < -0.39 is 16.7 Å². The van der Waals surface area contributed by atoms with Crippen LogP contribution >= 0.6 is 0 Å². The Kier molecular flexibility index (Phi) is 6.53. The zero-order valence-corrected chi connectivity index (χ0v) is 16.4. The largest absolute Gasteiger partial charge is 0.348 e. The van der Waals surface area contributed by atoms with Crippen LogP contribution < -0.4 is 10.6 Å². The molecule has 0 aliphatic carbocycles. The number of hydrogen-bond acceptors (Lipinski definition) is 5. The highest BCUT2D eigenvalue weighted by atomic mass is 16.6. The summed E-state index contributed by atoms with van der Waals surface area (Å²) in [6.07, 6.45) is 4.18. The molecule has 0 saturated carbocycles. The average Bonchev–Trinajstić information content (AvgIpc) is 3.21. The molecule has 0 bridgehead atoms. The lowest BCUT2D eigenvalue weighted by atomic mass is 10.2. The number of non-ortho nitro benzene ring substituents is 1. The van der Waals surface area contributed by atoms with E-state index in [1.807, 2.05) is 41.1 Å². The van der Waals surface area contributed by atoms with E-state index in [0.29, 0.717) is 25.1 Å². The van der Waals surface area contributed by atoms with E-state index in [1.165, 1.54) is 18.2 Å². The minimum atomic E-state index is -0.869. The van der Waals surface area contributed by atoms with Crippen LogP contribution in [0, 0.1) is 17.0 Å². The van der Waals surface area contributed by atoms with Crippen LogP contribution in [0.4, 0.5) is 11.4 Å². The Morgan fingerprint density at radius 1 is 1.13 bits per heavy atom. The Bertz CT molecular complexity index is 1060. The van der Waals surface area contributed by atoms with Crippen molar-refractivity contribution in [2.45, 2.75) is 19.9 Å². The highest BCUT2D eigenvalue weighted by Gasteiger charge is 2.16. The number of nitrogens with zero attached hydrogens (tertiary/aromatic N) is 3. The van der Waals surface area contributed by atoms with Gasteiger partial charge in [-0.15, -0.1) is 0 Å². The van der Waals surface area contributed by atoms with Gasteiger partial charge in [0.1, 0.15) is 5.82 Å². The Hall–Kier alpha value is -4.01. The molecule has 0 aliphatic heterocycles. The van der Waals surface area contributed by atoms with Gasteiger partial charge < -0.3 is 15.2 Å². The number of nitro groups is 1. The van der Waals surface area contributed by atoms with Crippen LogP contribution in [0.1, 0.15) is 12.0 Å². The third kappa shape index (κ3) is 5.07. The molecular weight excluding hydrogens is 386 g/mol. The fourth-order valence-electron chi connectivity index (χ4n) is 2.91. The van der Waals surface area contributed by atoms with Gasteiger partial charge in [0.25, 0.3) is 5.69 Å². The van der Waals surface area contributed by atoms with E-state index in [2.05, 4.69) is 15.6 Å². The molecule has 2 aromatic carbocycles. The van der Waals surface area contributed by atoms with E-state index >= 15 is 0 Å². The van der Waals surface area contributed by atoms with Crippen molar-refractivity contribution in [3.63, 3.8) is 0 Å². The Labute approximate surface area is 172 Å². The summed E-state index contributed by atoms with van der Waals surface area (Å²) < 4.78 is 1.98. The fourth-order valence-corrected chi connectivity index (χ4v) is 2.91. The number of aryl methyl sites for hydroxylation is 2. The van der Waals surface area contributed by atoms with Gasteiger partial charge in [-0.05, 0) is 18.9 Å². The first-order valence-corrected chi connectivity index (χ1v) is 9.36. The lowest BCUT2D eigenvalue weighted by molar-refractivity contribution is -0.384. The quantitative estimate of drug-likeness (QED) is 0.270. The predicted molar refractivity (Wildman–Crippen MR) is 112 cm³/mol. The third-order valence-electron chi connectivity index (χ3n) is 4.50. The van der Waals surface area contributed by atoms with Gasteiger partial charge in [0.05, 0.1) is 10.6 Å². The van der Waals surface area contributed by atoms with Gasteiger partial charge in [0, 0.05) is 43.2 Å². The molecule has 1 aromatic heterocycles. The first-order valence-electron chi connectivity index (χ1n) is 9.36. The number of nitrogens with one attached hydrogen (secondary N) is 2. The second-order valence-electron chi connectivity index (χ2n) is 6.63. The van der Waals surface area contributed by atoms with Crippen LogP contribution in [0.25, 0.3) is 11.4 Å². The molecule has 0 atom stereocenters. The summed E-state index contributed by atoms with van der Waals surface area (Å²) in [6.45, 7) is 2.61. The zero-order valence-electron chi connectivity index (χ0n) is 16.4. The van der Waals surface area contributed by atoms with E-state index in [0.717, 1.165) is 11.4 Å². The maximum absolute atomic E-state index is 12.1. The number of nitro benzene ring substituents is 1. The van der Waals surface area contributed by atoms with Crippen molar-refractivity contribution in [2.24, 2.45) is 0 Å². The summed E-state index contributed by atoms with van der Waals surface area (Å²) in [7, 11) is 0. The van der Waals surface area contributed by atoms with Gasteiger partial charge in [0.2, 0.25) is 0 Å².